The predicted octanol–water partition coefficient (Wildman–Crippen LogP) is 0.641. The zero-order chi connectivity index (χ0) is 18.8. The molecule has 146 valence electrons. The van der Waals surface area contributed by atoms with Crippen LogP contribution in [-0.4, -0.2) is 54.9 Å². The first kappa shape index (κ1) is 22.4. The van der Waals surface area contributed by atoms with Gasteiger partial charge in [-0.15, -0.1) is 12.4 Å². The van der Waals surface area contributed by atoms with Crippen molar-refractivity contribution in [1.82, 2.24) is 19.2 Å². The van der Waals surface area contributed by atoms with E-state index in [2.05, 4.69) is 10.3 Å². The first-order valence-corrected chi connectivity index (χ1v) is 9.48. The summed E-state index contributed by atoms with van der Waals surface area (Å²) in [5, 5.41) is 2.81. The molecule has 0 aliphatic rings. The van der Waals surface area contributed by atoms with Crippen molar-refractivity contribution in [3.63, 3.8) is 0 Å². The number of nitrogens with one attached hydrogen (secondary N) is 1. The van der Waals surface area contributed by atoms with Crippen LogP contribution in [-0.2, 0) is 28.3 Å². The van der Waals surface area contributed by atoms with Crippen LogP contribution in [0.1, 0.15) is 19.2 Å². The largest absolute Gasteiger partial charge is 0.352 e. The van der Waals surface area contributed by atoms with Crippen molar-refractivity contribution in [3.8, 4) is 0 Å². The Morgan fingerprint density at radius 3 is 2.62 bits per heavy atom. The average molecular weight is 404 g/mol. The number of halogens is 1. The molecule has 0 saturated heterocycles. The first-order chi connectivity index (χ1) is 11.7. The van der Waals surface area contributed by atoms with Crippen LogP contribution in [0.25, 0.3) is 11.0 Å². The van der Waals surface area contributed by atoms with Crippen molar-refractivity contribution in [1.29, 1.82) is 0 Å². The minimum atomic E-state index is -3.51. The summed E-state index contributed by atoms with van der Waals surface area (Å²) in [6.45, 7) is 2.24. The lowest BCUT2D eigenvalue weighted by Crippen LogP contribution is -2.37. The summed E-state index contributed by atoms with van der Waals surface area (Å²) in [5.74, 6) is 0.644. The molecule has 3 N–H and O–H groups in total. The summed E-state index contributed by atoms with van der Waals surface area (Å²) in [5.41, 5.74) is 6.91. The fraction of sp³-hybridized carbons (Fsp3) is 0.500. The number of carbonyl (C=O) groups excluding carboxylic acids is 1. The van der Waals surface area contributed by atoms with Crippen LogP contribution in [0.3, 0.4) is 0 Å². The number of benzene rings is 1. The van der Waals surface area contributed by atoms with Gasteiger partial charge in [0.1, 0.15) is 5.82 Å². The molecule has 0 unspecified atom stereocenters. The molecule has 2 rings (SSSR count). The molecule has 10 heteroatoms. The zero-order valence-corrected chi connectivity index (χ0v) is 17.0. The molecule has 0 radical (unpaired) electrons. The van der Waals surface area contributed by atoms with Gasteiger partial charge in [0.05, 0.1) is 15.9 Å². The van der Waals surface area contributed by atoms with E-state index in [4.69, 9.17) is 5.73 Å². The Bertz CT molecular complexity index is 879. The number of nitrogens with zero attached hydrogens (tertiary/aromatic N) is 3. The lowest BCUT2D eigenvalue weighted by molar-refractivity contribution is -0.121. The van der Waals surface area contributed by atoms with Crippen molar-refractivity contribution in [3.05, 3.63) is 24.0 Å². The number of fused-ring (bicyclic) bond motifs is 1. The molecule has 0 fully saturated rings. The summed E-state index contributed by atoms with van der Waals surface area (Å²) in [6.07, 6.45) is 0.758. The SMILES string of the molecule is C[C@@H](CN)NC(=O)CCc1nc2cc(S(=O)(=O)N(C)C)ccc2n1C.Cl. The highest BCUT2D eigenvalue weighted by atomic mass is 35.5. The lowest BCUT2D eigenvalue weighted by atomic mass is 10.2. The molecule has 1 aromatic carbocycles. The Kier molecular flexibility index (Phi) is 7.57. The van der Waals surface area contributed by atoms with Crippen LogP contribution in [0.15, 0.2) is 23.1 Å². The fourth-order valence-corrected chi connectivity index (χ4v) is 3.38. The van der Waals surface area contributed by atoms with Gasteiger partial charge in [-0.05, 0) is 25.1 Å². The van der Waals surface area contributed by atoms with Gasteiger partial charge >= 0.3 is 0 Å². The number of imidazole rings is 1. The number of nitrogens with two attached hydrogens (primary N) is 1. The second kappa shape index (κ2) is 8.81. The zero-order valence-electron chi connectivity index (χ0n) is 15.4. The van der Waals surface area contributed by atoms with E-state index in [9.17, 15) is 13.2 Å². The number of hydrogen-bond donors (Lipinski definition) is 2. The van der Waals surface area contributed by atoms with E-state index in [0.29, 0.717) is 24.9 Å². The second-order valence-electron chi connectivity index (χ2n) is 6.23. The Balaban J connectivity index is 0.00000338. The Morgan fingerprint density at radius 1 is 1.38 bits per heavy atom. The van der Waals surface area contributed by atoms with Crippen molar-refractivity contribution in [2.75, 3.05) is 20.6 Å². The molecule has 26 heavy (non-hydrogen) atoms. The third-order valence-electron chi connectivity index (χ3n) is 4.06. The molecule has 1 aromatic heterocycles. The standard InChI is InChI=1S/C16H25N5O3S.ClH/c1-11(10-17)18-16(22)8-7-15-19-13-9-12(25(23,24)20(2)3)5-6-14(13)21(15)4;/h5-6,9,11H,7-8,10,17H2,1-4H3,(H,18,22);1H/t11-;/m0./s1. The summed E-state index contributed by atoms with van der Waals surface area (Å²) in [6, 6.07) is 4.80. The van der Waals surface area contributed by atoms with Gasteiger partial charge in [-0.1, -0.05) is 0 Å². The van der Waals surface area contributed by atoms with Crippen LogP contribution in [0.5, 0.6) is 0 Å². The molecule has 1 atom stereocenters. The number of amides is 1. The van der Waals surface area contributed by atoms with E-state index >= 15 is 0 Å². The Hall–Kier alpha value is -1.68. The molecular formula is C16H26ClN5O3S. The maximum Gasteiger partial charge on any atom is 0.242 e. The van der Waals surface area contributed by atoms with Crippen LogP contribution in [0.2, 0.25) is 0 Å². The molecule has 0 spiro atoms. The number of carbonyl (C=O) groups is 1. The van der Waals surface area contributed by atoms with Gasteiger partial charge in [0.15, 0.2) is 0 Å². The van der Waals surface area contributed by atoms with Gasteiger partial charge < -0.3 is 15.6 Å². The molecular weight excluding hydrogens is 378 g/mol. The topological polar surface area (TPSA) is 110 Å². The smallest absolute Gasteiger partial charge is 0.242 e. The van der Waals surface area contributed by atoms with Crippen molar-refractivity contribution >= 4 is 39.4 Å². The summed E-state index contributed by atoms with van der Waals surface area (Å²) in [4.78, 5) is 16.6. The number of sulfonamides is 1. The highest BCUT2D eigenvalue weighted by molar-refractivity contribution is 7.89. The maximum absolute atomic E-state index is 12.2. The molecule has 2 aromatic rings. The van der Waals surface area contributed by atoms with E-state index in [0.717, 1.165) is 11.3 Å². The van der Waals surface area contributed by atoms with E-state index in [1.807, 2.05) is 18.5 Å². The lowest BCUT2D eigenvalue weighted by Gasteiger charge is -2.11. The Morgan fingerprint density at radius 2 is 2.04 bits per heavy atom. The number of aromatic nitrogens is 2. The Labute approximate surface area is 160 Å². The van der Waals surface area contributed by atoms with E-state index in [1.165, 1.54) is 18.4 Å². The minimum absolute atomic E-state index is 0. The van der Waals surface area contributed by atoms with Crippen molar-refractivity contribution in [2.45, 2.75) is 30.7 Å². The maximum atomic E-state index is 12.2. The highest BCUT2D eigenvalue weighted by Gasteiger charge is 2.19. The quantitative estimate of drug-likeness (QED) is 0.704. The normalized spacial score (nSPS) is 12.8. The first-order valence-electron chi connectivity index (χ1n) is 8.04. The van der Waals surface area contributed by atoms with Gasteiger partial charge in [0, 0.05) is 46.6 Å². The van der Waals surface area contributed by atoms with Gasteiger partial charge in [-0.25, -0.2) is 17.7 Å². The molecule has 1 amide bonds. The van der Waals surface area contributed by atoms with Gasteiger partial charge in [-0.3, -0.25) is 4.79 Å². The number of hydrogen-bond acceptors (Lipinski definition) is 5. The van der Waals surface area contributed by atoms with E-state index < -0.39 is 10.0 Å². The molecule has 0 aliphatic carbocycles. The van der Waals surface area contributed by atoms with Gasteiger partial charge in [0.2, 0.25) is 15.9 Å². The molecule has 8 nitrogen and oxygen atoms in total. The molecule has 0 bridgehead atoms. The summed E-state index contributed by atoms with van der Waals surface area (Å²) >= 11 is 0. The molecule has 1 heterocycles. The number of aryl methyl sites for hydroxylation is 2. The third kappa shape index (κ3) is 4.73. The second-order valence-corrected chi connectivity index (χ2v) is 8.38. The summed E-state index contributed by atoms with van der Waals surface area (Å²) in [7, 11) is 1.33. The van der Waals surface area contributed by atoms with Gasteiger partial charge in [-0.2, -0.15) is 0 Å². The average Bonchev–Trinajstić information content (AvgIpc) is 2.88. The highest BCUT2D eigenvalue weighted by Crippen LogP contribution is 2.21. The van der Waals surface area contributed by atoms with E-state index in [1.54, 1.807) is 18.2 Å². The van der Waals surface area contributed by atoms with Crippen LogP contribution in [0.4, 0.5) is 0 Å². The monoisotopic (exact) mass is 403 g/mol. The van der Waals surface area contributed by atoms with Crippen LogP contribution < -0.4 is 11.1 Å². The van der Waals surface area contributed by atoms with Crippen LogP contribution in [0, 0.1) is 0 Å². The van der Waals surface area contributed by atoms with E-state index in [-0.39, 0.29) is 29.3 Å². The third-order valence-corrected chi connectivity index (χ3v) is 5.87. The number of rotatable bonds is 7. The van der Waals surface area contributed by atoms with Crippen molar-refractivity contribution in [2.24, 2.45) is 12.8 Å². The molecule has 0 aliphatic heterocycles. The molecule has 0 saturated carbocycles. The minimum Gasteiger partial charge on any atom is -0.352 e. The predicted molar refractivity (Wildman–Crippen MR) is 104 cm³/mol. The summed E-state index contributed by atoms with van der Waals surface area (Å²) < 4.78 is 27.5. The van der Waals surface area contributed by atoms with Crippen molar-refractivity contribution < 1.29 is 13.2 Å². The van der Waals surface area contributed by atoms with Crippen LogP contribution >= 0.6 is 12.4 Å². The van der Waals surface area contributed by atoms with Gasteiger partial charge in [0.25, 0.3) is 0 Å². The fourth-order valence-electron chi connectivity index (χ4n) is 2.46.